The number of piperazine rings is 1. The molecular weight excluding hydrogens is 222 g/mol. The van der Waals surface area contributed by atoms with E-state index in [0.717, 1.165) is 44.4 Å². The molecule has 0 amide bonds. The summed E-state index contributed by atoms with van der Waals surface area (Å²) in [6.07, 6.45) is 0. The molecule has 2 rings (SSSR count). The van der Waals surface area contributed by atoms with Crippen molar-refractivity contribution in [1.82, 2.24) is 10.2 Å². The monoisotopic (exact) mass is 240 g/mol. The van der Waals surface area contributed by atoms with E-state index in [0.29, 0.717) is 0 Å². The summed E-state index contributed by atoms with van der Waals surface area (Å²) in [5.74, 6) is -0.836. The third-order valence-corrected chi connectivity index (χ3v) is 3.20. The molecule has 1 N–H and O–H groups in total. The van der Waals surface area contributed by atoms with Gasteiger partial charge in [0.05, 0.1) is 0 Å². The molecule has 1 unspecified atom stereocenters. The highest BCUT2D eigenvalue weighted by molar-refractivity contribution is 5.21. The lowest BCUT2D eigenvalue weighted by molar-refractivity contribution is 0.230. The molecule has 1 heterocycles. The standard InChI is InChI=1S/C13H18F2N2/c1-10(9-17-4-2-16-3-5-17)11-6-12(14)8-13(15)7-11/h6-8,10,16H,2-5,9H2,1H3. The zero-order valence-electron chi connectivity index (χ0n) is 10.0. The van der Waals surface area contributed by atoms with Gasteiger partial charge >= 0.3 is 0 Å². The molecule has 0 aliphatic carbocycles. The van der Waals surface area contributed by atoms with Crippen molar-refractivity contribution in [2.45, 2.75) is 12.8 Å². The second kappa shape index (κ2) is 5.56. The first kappa shape index (κ1) is 12.5. The van der Waals surface area contributed by atoms with Gasteiger partial charge in [-0.1, -0.05) is 6.92 Å². The summed E-state index contributed by atoms with van der Waals surface area (Å²) in [4.78, 5) is 2.32. The van der Waals surface area contributed by atoms with E-state index in [1.165, 1.54) is 12.1 Å². The van der Waals surface area contributed by atoms with Gasteiger partial charge < -0.3 is 10.2 Å². The fourth-order valence-corrected chi connectivity index (χ4v) is 2.25. The van der Waals surface area contributed by atoms with Gasteiger partial charge in [-0.05, 0) is 23.6 Å². The van der Waals surface area contributed by atoms with Crippen molar-refractivity contribution in [3.8, 4) is 0 Å². The average Bonchev–Trinajstić information content (AvgIpc) is 2.29. The lowest BCUT2D eigenvalue weighted by atomic mass is 10.00. The van der Waals surface area contributed by atoms with Crippen LogP contribution < -0.4 is 5.32 Å². The molecule has 17 heavy (non-hydrogen) atoms. The largest absolute Gasteiger partial charge is 0.314 e. The quantitative estimate of drug-likeness (QED) is 0.869. The van der Waals surface area contributed by atoms with Crippen LogP contribution in [-0.4, -0.2) is 37.6 Å². The SMILES string of the molecule is CC(CN1CCNCC1)c1cc(F)cc(F)c1. The van der Waals surface area contributed by atoms with Crippen molar-refractivity contribution >= 4 is 0 Å². The maximum absolute atomic E-state index is 13.1. The second-order valence-corrected chi connectivity index (χ2v) is 4.65. The molecule has 4 heteroatoms. The molecule has 94 valence electrons. The predicted molar refractivity (Wildman–Crippen MR) is 64.1 cm³/mol. The average molecular weight is 240 g/mol. The zero-order chi connectivity index (χ0) is 12.3. The van der Waals surface area contributed by atoms with E-state index in [1.807, 2.05) is 6.92 Å². The summed E-state index contributed by atoms with van der Waals surface area (Å²) >= 11 is 0. The van der Waals surface area contributed by atoms with Crippen molar-refractivity contribution in [1.29, 1.82) is 0 Å². The van der Waals surface area contributed by atoms with E-state index in [2.05, 4.69) is 10.2 Å². The minimum atomic E-state index is -0.493. The highest BCUT2D eigenvalue weighted by Crippen LogP contribution is 2.19. The maximum Gasteiger partial charge on any atom is 0.126 e. The highest BCUT2D eigenvalue weighted by Gasteiger charge is 2.15. The molecule has 1 saturated heterocycles. The van der Waals surface area contributed by atoms with Gasteiger partial charge in [-0.15, -0.1) is 0 Å². The Labute approximate surface area is 101 Å². The topological polar surface area (TPSA) is 15.3 Å². The fourth-order valence-electron chi connectivity index (χ4n) is 2.25. The van der Waals surface area contributed by atoms with E-state index < -0.39 is 11.6 Å². The number of benzene rings is 1. The first-order chi connectivity index (χ1) is 8.15. The zero-order valence-corrected chi connectivity index (χ0v) is 10.0. The Bertz CT molecular complexity index is 355. The van der Waals surface area contributed by atoms with Gasteiger partial charge in [0.2, 0.25) is 0 Å². The van der Waals surface area contributed by atoms with Gasteiger partial charge in [0.25, 0.3) is 0 Å². The van der Waals surface area contributed by atoms with Crippen LogP contribution in [0.5, 0.6) is 0 Å². The van der Waals surface area contributed by atoms with Crippen LogP contribution in [0, 0.1) is 11.6 Å². The van der Waals surface area contributed by atoms with Crippen LogP contribution in [0.25, 0.3) is 0 Å². The summed E-state index contributed by atoms with van der Waals surface area (Å²) < 4.78 is 26.2. The summed E-state index contributed by atoms with van der Waals surface area (Å²) in [5, 5.41) is 3.28. The third kappa shape index (κ3) is 3.48. The number of hydrogen-bond donors (Lipinski definition) is 1. The van der Waals surface area contributed by atoms with Crippen LogP contribution in [0.15, 0.2) is 18.2 Å². The molecule has 1 aromatic rings. The van der Waals surface area contributed by atoms with Crippen LogP contribution in [0.2, 0.25) is 0 Å². The normalized spacial score (nSPS) is 19.2. The van der Waals surface area contributed by atoms with E-state index >= 15 is 0 Å². The number of nitrogens with one attached hydrogen (secondary N) is 1. The van der Waals surface area contributed by atoms with Crippen molar-refractivity contribution in [3.63, 3.8) is 0 Å². The van der Waals surface area contributed by atoms with E-state index in [-0.39, 0.29) is 5.92 Å². The van der Waals surface area contributed by atoms with Crippen LogP contribution in [0.1, 0.15) is 18.4 Å². The molecule has 0 spiro atoms. The summed E-state index contributed by atoms with van der Waals surface area (Å²) in [6, 6.07) is 3.77. The van der Waals surface area contributed by atoms with Gasteiger partial charge in [0, 0.05) is 38.8 Å². The van der Waals surface area contributed by atoms with E-state index in [4.69, 9.17) is 0 Å². The molecule has 0 bridgehead atoms. The van der Waals surface area contributed by atoms with Crippen molar-refractivity contribution < 1.29 is 8.78 Å². The Morgan fingerprint density at radius 1 is 1.18 bits per heavy atom. The molecule has 1 atom stereocenters. The molecule has 0 aromatic heterocycles. The molecule has 1 aromatic carbocycles. The van der Waals surface area contributed by atoms with E-state index in [1.54, 1.807) is 0 Å². The van der Waals surface area contributed by atoms with Crippen molar-refractivity contribution in [2.75, 3.05) is 32.7 Å². The minimum absolute atomic E-state index is 0.151. The molecule has 2 nitrogen and oxygen atoms in total. The number of halogens is 2. The smallest absolute Gasteiger partial charge is 0.126 e. The Kier molecular flexibility index (Phi) is 4.07. The molecule has 1 fully saturated rings. The lowest BCUT2D eigenvalue weighted by Crippen LogP contribution is -2.44. The predicted octanol–water partition coefficient (Wildman–Crippen LogP) is 1.97. The Morgan fingerprint density at radius 3 is 2.35 bits per heavy atom. The van der Waals surface area contributed by atoms with E-state index in [9.17, 15) is 8.78 Å². The third-order valence-electron chi connectivity index (χ3n) is 3.20. The molecule has 1 aliphatic heterocycles. The molecule has 0 radical (unpaired) electrons. The van der Waals surface area contributed by atoms with Gasteiger partial charge in [-0.3, -0.25) is 0 Å². The maximum atomic E-state index is 13.1. The second-order valence-electron chi connectivity index (χ2n) is 4.65. The van der Waals surface area contributed by atoms with Crippen LogP contribution in [-0.2, 0) is 0 Å². The summed E-state index contributed by atoms with van der Waals surface area (Å²) in [7, 11) is 0. The summed E-state index contributed by atoms with van der Waals surface area (Å²) in [6.45, 7) is 6.85. The Hall–Kier alpha value is -1.00. The first-order valence-corrected chi connectivity index (χ1v) is 6.04. The molecule has 1 aliphatic rings. The lowest BCUT2D eigenvalue weighted by Gasteiger charge is -2.29. The fraction of sp³-hybridized carbons (Fsp3) is 0.538. The Balaban J connectivity index is 2.00. The van der Waals surface area contributed by atoms with Gasteiger partial charge in [0.1, 0.15) is 11.6 Å². The number of nitrogens with zero attached hydrogens (tertiary/aromatic N) is 1. The first-order valence-electron chi connectivity index (χ1n) is 6.04. The summed E-state index contributed by atoms with van der Waals surface area (Å²) in [5.41, 5.74) is 0.737. The van der Waals surface area contributed by atoms with Gasteiger partial charge in [0.15, 0.2) is 0 Å². The van der Waals surface area contributed by atoms with Crippen LogP contribution in [0.4, 0.5) is 8.78 Å². The van der Waals surface area contributed by atoms with Crippen LogP contribution in [0.3, 0.4) is 0 Å². The van der Waals surface area contributed by atoms with Gasteiger partial charge in [-0.2, -0.15) is 0 Å². The molecular formula is C13H18F2N2. The van der Waals surface area contributed by atoms with Gasteiger partial charge in [-0.25, -0.2) is 8.78 Å². The Morgan fingerprint density at radius 2 is 1.76 bits per heavy atom. The van der Waals surface area contributed by atoms with Crippen molar-refractivity contribution in [2.24, 2.45) is 0 Å². The minimum Gasteiger partial charge on any atom is -0.314 e. The highest BCUT2D eigenvalue weighted by atomic mass is 19.1. The number of hydrogen-bond acceptors (Lipinski definition) is 2. The van der Waals surface area contributed by atoms with Crippen molar-refractivity contribution in [3.05, 3.63) is 35.4 Å². The number of rotatable bonds is 3. The van der Waals surface area contributed by atoms with Crippen LogP contribution >= 0.6 is 0 Å². The molecule has 0 saturated carbocycles.